The van der Waals surface area contributed by atoms with Crippen LogP contribution in [0.1, 0.15) is 23.7 Å². The molecule has 2 aromatic carbocycles. The Hall–Kier alpha value is -2.69. The zero-order valence-corrected chi connectivity index (χ0v) is 10.6. The van der Waals surface area contributed by atoms with Crippen molar-refractivity contribution in [3.63, 3.8) is 0 Å². The molecule has 0 fully saturated rings. The second kappa shape index (κ2) is 5.13. The molecule has 0 aliphatic carbocycles. The van der Waals surface area contributed by atoms with Gasteiger partial charge in [0.05, 0.1) is 16.2 Å². The first-order chi connectivity index (χ1) is 9.75. The van der Waals surface area contributed by atoms with Crippen LogP contribution in [0.5, 0.6) is 0 Å². The van der Waals surface area contributed by atoms with Crippen molar-refractivity contribution in [3.8, 4) is 0 Å². The predicted molar refractivity (Wildman–Crippen MR) is 74.5 cm³/mol. The summed E-state index contributed by atoms with van der Waals surface area (Å²) in [5, 5.41) is 15.1. The van der Waals surface area contributed by atoms with E-state index < -0.39 is 4.92 Å². The molecule has 20 heavy (non-hydrogen) atoms. The number of nitro groups is 1. The quantitative estimate of drug-likeness (QED) is 0.632. The Kier molecular flexibility index (Phi) is 3.16. The standard InChI is InChI=1S/C15H12N2O3/c18-17(19)14-9-5-4-8-12(14)13-10-15(20-16-13)11-6-2-1-3-7-11/h1-9,15H,10H2. The van der Waals surface area contributed by atoms with Crippen LogP contribution in [0.15, 0.2) is 59.8 Å². The molecule has 100 valence electrons. The molecule has 1 unspecified atom stereocenters. The van der Waals surface area contributed by atoms with Gasteiger partial charge in [-0.3, -0.25) is 10.1 Å². The molecule has 5 heteroatoms. The van der Waals surface area contributed by atoms with E-state index in [1.807, 2.05) is 30.3 Å². The molecule has 1 aliphatic rings. The second-order valence-corrected chi connectivity index (χ2v) is 4.52. The van der Waals surface area contributed by atoms with Crippen molar-refractivity contribution in [2.45, 2.75) is 12.5 Å². The molecule has 0 aromatic heterocycles. The van der Waals surface area contributed by atoms with Gasteiger partial charge >= 0.3 is 0 Å². The van der Waals surface area contributed by atoms with Crippen molar-refractivity contribution in [2.75, 3.05) is 0 Å². The third-order valence-corrected chi connectivity index (χ3v) is 3.25. The van der Waals surface area contributed by atoms with E-state index in [1.165, 1.54) is 6.07 Å². The van der Waals surface area contributed by atoms with Crippen LogP contribution in [0.4, 0.5) is 5.69 Å². The Morgan fingerprint density at radius 1 is 1.10 bits per heavy atom. The molecule has 0 spiro atoms. The van der Waals surface area contributed by atoms with E-state index in [1.54, 1.807) is 18.2 Å². The Bertz CT molecular complexity index is 668. The number of hydrogen-bond donors (Lipinski definition) is 0. The average molecular weight is 268 g/mol. The van der Waals surface area contributed by atoms with E-state index in [0.29, 0.717) is 17.7 Å². The molecule has 2 aromatic rings. The number of rotatable bonds is 3. The highest BCUT2D eigenvalue weighted by Crippen LogP contribution is 2.31. The molecule has 0 amide bonds. The molecule has 0 N–H and O–H groups in total. The number of hydrogen-bond acceptors (Lipinski definition) is 4. The van der Waals surface area contributed by atoms with E-state index in [9.17, 15) is 10.1 Å². The molecule has 0 saturated heterocycles. The molecule has 1 aliphatic heterocycles. The monoisotopic (exact) mass is 268 g/mol. The normalized spacial score (nSPS) is 17.4. The lowest BCUT2D eigenvalue weighted by atomic mass is 9.99. The summed E-state index contributed by atoms with van der Waals surface area (Å²) in [5.41, 5.74) is 2.22. The summed E-state index contributed by atoms with van der Waals surface area (Å²) < 4.78 is 0. The maximum atomic E-state index is 11.0. The fourth-order valence-electron chi connectivity index (χ4n) is 2.26. The van der Waals surface area contributed by atoms with Crippen molar-refractivity contribution < 1.29 is 9.76 Å². The van der Waals surface area contributed by atoms with Gasteiger partial charge in [-0.25, -0.2) is 0 Å². The van der Waals surface area contributed by atoms with Gasteiger partial charge in [0.25, 0.3) is 5.69 Å². The van der Waals surface area contributed by atoms with Crippen LogP contribution in [-0.2, 0) is 4.84 Å². The SMILES string of the molecule is O=[N+]([O-])c1ccccc1C1=NOC(c2ccccc2)C1. The number of benzene rings is 2. The van der Waals surface area contributed by atoms with Crippen LogP contribution in [0.2, 0.25) is 0 Å². The molecule has 3 rings (SSSR count). The van der Waals surface area contributed by atoms with Crippen molar-refractivity contribution in [1.82, 2.24) is 0 Å². The first kappa shape index (κ1) is 12.3. The summed E-state index contributed by atoms with van der Waals surface area (Å²) in [6.45, 7) is 0. The topological polar surface area (TPSA) is 64.7 Å². The number of oxime groups is 1. The van der Waals surface area contributed by atoms with E-state index >= 15 is 0 Å². The molecule has 1 atom stereocenters. The van der Waals surface area contributed by atoms with Gasteiger partial charge in [0.15, 0.2) is 6.10 Å². The minimum atomic E-state index is -0.395. The third-order valence-electron chi connectivity index (χ3n) is 3.25. The largest absolute Gasteiger partial charge is 0.387 e. The zero-order chi connectivity index (χ0) is 13.9. The summed E-state index contributed by atoms with van der Waals surface area (Å²) in [5.74, 6) is 0. The first-order valence-corrected chi connectivity index (χ1v) is 6.27. The third kappa shape index (κ3) is 2.25. The maximum Gasteiger partial charge on any atom is 0.278 e. The zero-order valence-electron chi connectivity index (χ0n) is 10.6. The van der Waals surface area contributed by atoms with Crippen molar-refractivity contribution in [2.24, 2.45) is 5.16 Å². The van der Waals surface area contributed by atoms with E-state index in [0.717, 1.165) is 5.56 Å². The maximum absolute atomic E-state index is 11.0. The van der Waals surface area contributed by atoms with Crippen molar-refractivity contribution in [3.05, 3.63) is 75.8 Å². The van der Waals surface area contributed by atoms with Crippen LogP contribution in [0, 0.1) is 10.1 Å². The highest BCUT2D eigenvalue weighted by atomic mass is 16.6. The summed E-state index contributed by atoms with van der Waals surface area (Å²) >= 11 is 0. The Labute approximate surface area is 115 Å². The lowest BCUT2D eigenvalue weighted by molar-refractivity contribution is -0.385. The Morgan fingerprint density at radius 2 is 1.80 bits per heavy atom. The van der Waals surface area contributed by atoms with Crippen LogP contribution in [-0.4, -0.2) is 10.6 Å². The summed E-state index contributed by atoms with van der Waals surface area (Å²) in [4.78, 5) is 16.1. The number of nitrogens with zero attached hydrogens (tertiary/aromatic N) is 2. The Morgan fingerprint density at radius 3 is 2.55 bits per heavy atom. The van der Waals surface area contributed by atoms with E-state index in [2.05, 4.69) is 5.16 Å². The minimum Gasteiger partial charge on any atom is -0.387 e. The minimum absolute atomic E-state index is 0.0589. The fraction of sp³-hybridized carbons (Fsp3) is 0.133. The summed E-state index contributed by atoms with van der Waals surface area (Å²) in [6, 6.07) is 16.3. The van der Waals surface area contributed by atoms with Crippen LogP contribution >= 0.6 is 0 Å². The molecular formula is C15H12N2O3. The van der Waals surface area contributed by atoms with Crippen molar-refractivity contribution in [1.29, 1.82) is 0 Å². The van der Waals surface area contributed by atoms with E-state index in [-0.39, 0.29) is 11.8 Å². The Balaban J connectivity index is 1.86. The van der Waals surface area contributed by atoms with Crippen LogP contribution in [0.25, 0.3) is 0 Å². The molecule has 1 heterocycles. The van der Waals surface area contributed by atoms with Gasteiger partial charge in [0.1, 0.15) is 0 Å². The average Bonchev–Trinajstić information content (AvgIpc) is 2.98. The van der Waals surface area contributed by atoms with E-state index in [4.69, 9.17) is 4.84 Å². The number of nitro benzene ring substituents is 1. The smallest absolute Gasteiger partial charge is 0.278 e. The highest BCUT2D eigenvalue weighted by Gasteiger charge is 2.27. The molecule has 0 bridgehead atoms. The number of para-hydroxylation sites is 1. The molecule has 0 saturated carbocycles. The molecular weight excluding hydrogens is 256 g/mol. The van der Waals surface area contributed by atoms with Gasteiger partial charge in [-0.15, -0.1) is 0 Å². The molecule has 5 nitrogen and oxygen atoms in total. The van der Waals surface area contributed by atoms with Gasteiger partial charge in [-0.1, -0.05) is 47.6 Å². The van der Waals surface area contributed by atoms with Gasteiger partial charge in [0, 0.05) is 12.5 Å². The lowest BCUT2D eigenvalue weighted by Gasteiger charge is -2.07. The predicted octanol–water partition coefficient (Wildman–Crippen LogP) is 3.46. The lowest BCUT2D eigenvalue weighted by Crippen LogP contribution is -2.04. The summed E-state index contributed by atoms with van der Waals surface area (Å²) in [7, 11) is 0. The van der Waals surface area contributed by atoms with Gasteiger partial charge in [-0.2, -0.15) is 0 Å². The van der Waals surface area contributed by atoms with Crippen molar-refractivity contribution >= 4 is 11.4 Å². The first-order valence-electron chi connectivity index (χ1n) is 6.27. The second-order valence-electron chi connectivity index (χ2n) is 4.52. The van der Waals surface area contributed by atoms with Crippen LogP contribution < -0.4 is 0 Å². The highest BCUT2D eigenvalue weighted by molar-refractivity contribution is 6.04. The van der Waals surface area contributed by atoms with Gasteiger partial charge in [-0.05, 0) is 11.6 Å². The van der Waals surface area contributed by atoms with Gasteiger partial charge < -0.3 is 4.84 Å². The fourth-order valence-corrected chi connectivity index (χ4v) is 2.26. The molecule has 0 radical (unpaired) electrons. The van der Waals surface area contributed by atoms with Gasteiger partial charge in [0.2, 0.25) is 0 Å². The van der Waals surface area contributed by atoms with Crippen LogP contribution in [0.3, 0.4) is 0 Å². The summed E-state index contributed by atoms with van der Waals surface area (Å²) in [6.07, 6.45) is 0.362.